The summed E-state index contributed by atoms with van der Waals surface area (Å²) in [6.07, 6.45) is 5.07. The molecule has 5 N–H and O–H groups in total. The van der Waals surface area contributed by atoms with Gasteiger partial charge >= 0.3 is 11.8 Å². The van der Waals surface area contributed by atoms with E-state index in [4.69, 9.17) is 23.9 Å². The molecule has 9 atom stereocenters. The maximum absolute atomic E-state index is 14.7. The van der Waals surface area contributed by atoms with Crippen LogP contribution in [0.3, 0.4) is 0 Å². The molecule has 4 aliphatic heterocycles. The summed E-state index contributed by atoms with van der Waals surface area (Å²) < 4.78 is 24.0. The van der Waals surface area contributed by atoms with E-state index in [9.17, 15) is 34.8 Å². The maximum Gasteiger partial charge on any atom is 0.312 e. The molecule has 4 aliphatic rings. The number of aliphatic hydroxyl groups excluding tert-OH is 2. The molecule has 0 aliphatic carbocycles. The Balaban J connectivity index is 1.55. The van der Waals surface area contributed by atoms with Crippen molar-refractivity contribution < 1.29 is 53.8 Å². The maximum atomic E-state index is 14.7. The quantitative estimate of drug-likeness (QED) is 0.208. The number of rotatable bonds is 4. The van der Waals surface area contributed by atoms with Gasteiger partial charge < -0.3 is 49.6 Å². The first kappa shape index (κ1) is 45.7. The standard InChI is InChI=1S/C46H62N4O11/c1-22(2)21-50-18-16-46(17-19-50)48-34-31-32-39(54)28(8)42-33(31)43(56)45(10,61-42)59-20-15-30(58-11)25(5)41(60-29(9)51)27(7)38(53)26(6)37(52)23(3)13-12-14-24(4)44(57)47-36(40(32)55)35(34)49-46/h12-15,20,22-23,25-27,30,37-38,41,48,52-55H,16-19,21H2,1-11H3/b13-12+,20-15+,24-14-,47-36?/t23-,25+,26+,27+,30-,37-,38+,41+,45-/m0/s1. The minimum Gasteiger partial charge on any atom is -0.507 e. The molecule has 6 rings (SSSR count). The predicted molar refractivity (Wildman–Crippen MR) is 228 cm³/mol. The summed E-state index contributed by atoms with van der Waals surface area (Å²) >= 11 is 0. The van der Waals surface area contributed by atoms with E-state index in [0.29, 0.717) is 24.4 Å². The second kappa shape index (κ2) is 17.5. The number of piperidine rings is 1. The Hall–Kier alpha value is -4.83. The Bertz CT molecular complexity index is 2300. The average Bonchev–Trinajstić information content (AvgIpc) is 3.71. The largest absolute Gasteiger partial charge is 0.507 e. The number of phenols is 2. The fourth-order valence-corrected chi connectivity index (χ4v) is 9.24. The molecule has 2 aromatic carbocycles. The van der Waals surface area contributed by atoms with Gasteiger partial charge in [-0.2, -0.15) is 0 Å². The first-order valence-corrected chi connectivity index (χ1v) is 21.2. The van der Waals surface area contributed by atoms with Crippen molar-refractivity contribution in [3.63, 3.8) is 0 Å². The van der Waals surface area contributed by atoms with E-state index in [-0.39, 0.29) is 49.7 Å². The van der Waals surface area contributed by atoms with E-state index >= 15 is 0 Å². The summed E-state index contributed by atoms with van der Waals surface area (Å²) in [6.45, 7) is 19.6. The molecule has 0 saturated carbocycles. The van der Waals surface area contributed by atoms with E-state index in [1.165, 1.54) is 27.2 Å². The Morgan fingerprint density at radius 1 is 0.984 bits per heavy atom. The van der Waals surface area contributed by atoms with Crippen molar-refractivity contribution in [1.82, 2.24) is 4.90 Å². The average molecular weight is 847 g/mol. The number of likely N-dealkylation sites (tertiary alicyclic amines) is 1. The number of phenolic OH excluding ortho intramolecular Hbond substituents is 2. The number of Topliss-reactive ketones (excluding diaryl/α,β-unsaturated/α-hetero) is 1. The number of aromatic hydroxyl groups is 2. The summed E-state index contributed by atoms with van der Waals surface area (Å²) in [5, 5.41) is 50.5. The SMILES string of the molecule is CO[C@H]1/C=C/O[C@@]2(C)Oc3c(C)c(O)c4c(O)c(c5c(c4c3C2=O)NC2(CCN(CC(C)C)CC2)N=5)=NC(=O)/C(C)=C\C=C\[C@H](C)[C@H](O)[C@@H](C)[C@@H](O)[C@@H](C)[C@H](OC(C)=O)[C@@H]1C. The van der Waals surface area contributed by atoms with Crippen molar-refractivity contribution >= 4 is 34.1 Å². The molecule has 4 heterocycles. The summed E-state index contributed by atoms with van der Waals surface area (Å²) in [4.78, 5) is 52.9. The number of ether oxygens (including phenoxy) is 4. The molecule has 4 bridgehead atoms. The van der Waals surface area contributed by atoms with Gasteiger partial charge in [-0.1, -0.05) is 59.8 Å². The lowest BCUT2D eigenvalue weighted by Gasteiger charge is -2.38. The Morgan fingerprint density at radius 3 is 2.28 bits per heavy atom. The highest BCUT2D eigenvalue weighted by molar-refractivity contribution is 6.21. The lowest BCUT2D eigenvalue weighted by atomic mass is 9.78. The number of amides is 1. The first-order chi connectivity index (χ1) is 28.6. The number of carbonyl (C=O) groups is 3. The number of nitrogens with zero attached hydrogens (tertiary/aromatic N) is 3. The third kappa shape index (κ3) is 8.54. The zero-order chi connectivity index (χ0) is 44.9. The zero-order valence-electron chi connectivity index (χ0n) is 37.1. The molecule has 2 aromatic rings. The van der Waals surface area contributed by atoms with Crippen molar-refractivity contribution in [2.24, 2.45) is 39.6 Å². The number of nitrogens with one attached hydrogen (secondary N) is 1. The van der Waals surface area contributed by atoms with Crippen LogP contribution in [0.25, 0.3) is 10.8 Å². The fraction of sp³-hybridized carbons (Fsp3) is 0.587. The Morgan fingerprint density at radius 2 is 1.66 bits per heavy atom. The van der Waals surface area contributed by atoms with Gasteiger partial charge in [-0.05, 0) is 25.8 Å². The van der Waals surface area contributed by atoms with E-state index < -0.39 is 82.9 Å². The number of methoxy groups -OCH3 is 1. The van der Waals surface area contributed by atoms with Crippen molar-refractivity contribution in [1.29, 1.82) is 0 Å². The van der Waals surface area contributed by atoms with Gasteiger partial charge in [-0.15, -0.1) is 0 Å². The van der Waals surface area contributed by atoms with Gasteiger partial charge in [0.05, 0.1) is 41.2 Å². The second-order valence-electron chi connectivity index (χ2n) is 18.0. The molecule has 61 heavy (non-hydrogen) atoms. The van der Waals surface area contributed by atoms with Crippen LogP contribution in [0.2, 0.25) is 0 Å². The summed E-state index contributed by atoms with van der Waals surface area (Å²) in [5.74, 6) is -6.57. The Kier molecular flexibility index (Phi) is 13.1. The summed E-state index contributed by atoms with van der Waals surface area (Å²) in [5.41, 5.74) is -0.111. The third-order valence-corrected chi connectivity index (χ3v) is 12.9. The van der Waals surface area contributed by atoms with Crippen molar-refractivity contribution in [2.75, 3.05) is 32.1 Å². The lowest BCUT2D eigenvalue weighted by molar-refractivity contribution is -0.160. The number of carbonyl (C=O) groups excluding carboxylic acids is 3. The van der Waals surface area contributed by atoms with Crippen LogP contribution < -0.4 is 20.8 Å². The monoisotopic (exact) mass is 846 g/mol. The number of allylic oxidation sites excluding steroid dienone is 2. The predicted octanol–water partition coefficient (Wildman–Crippen LogP) is 4.75. The van der Waals surface area contributed by atoms with Gasteiger partial charge in [-0.3, -0.25) is 19.4 Å². The molecule has 1 spiro atoms. The molecule has 0 unspecified atom stereocenters. The van der Waals surface area contributed by atoms with Gasteiger partial charge in [0, 0.05) is 93.6 Å². The number of aliphatic hydroxyl groups is 2. The van der Waals surface area contributed by atoms with Gasteiger partial charge in [-0.25, -0.2) is 4.99 Å². The van der Waals surface area contributed by atoms with Crippen LogP contribution in [-0.4, -0.2) is 106 Å². The van der Waals surface area contributed by atoms with Crippen LogP contribution in [0.15, 0.2) is 46.1 Å². The van der Waals surface area contributed by atoms with Gasteiger partial charge in [0.2, 0.25) is 0 Å². The van der Waals surface area contributed by atoms with Crippen molar-refractivity contribution in [3.05, 3.63) is 58.0 Å². The normalized spacial score (nSPS) is 32.7. The van der Waals surface area contributed by atoms with Crippen LogP contribution in [-0.2, 0) is 23.8 Å². The topological polar surface area (TPSA) is 209 Å². The molecule has 1 saturated heterocycles. The highest BCUT2D eigenvalue weighted by Crippen LogP contribution is 2.51. The molecule has 15 heteroatoms. The highest BCUT2D eigenvalue weighted by Gasteiger charge is 2.51. The Labute approximate surface area is 356 Å². The molecule has 0 aromatic heterocycles. The molecule has 332 valence electrons. The van der Waals surface area contributed by atoms with E-state index in [1.807, 2.05) is 0 Å². The van der Waals surface area contributed by atoms with E-state index in [0.717, 1.165) is 19.6 Å². The van der Waals surface area contributed by atoms with Crippen molar-refractivity contribution in [2.45, 2.75) is 118 Å². The zero-order valence-corrected chi connectivity index (χ0v) is 37.1. The second-order valence-corrected chi connectivity index (χ2v) is 18.0. The fourth-order valence-electron chi connectivity index (χ4n) is 9.24. The van der Waals surface area contributed by atoms with Crippen LogP contribution >= 0.6 is 0 Å². The number of fused-ring (bicyclic) bond motifs is 1. The molecule has 1 fully saturated rings. The minimum atomic E-state index is -1.95. The van der Waals surface area contributed by atoms with Crippen LogP contribution in [0.4, 0.5) is 5.69 Å². The number of hydrogen-bond donors (Lipinski definition) is 5. The van der Waals surface area contributed by atoms with E-state index in [2.05, 4.69) is 29.1 Å². The van der Waals surface area contributed by atoms with Crippen LogP contribution in [0.5, 0.6) is 17.2 Å². The van der Waals surface area contributed by atoms with E-state index in [1.54, 1.807) is 65.8 Å². The molecule has 15 nitrogen and oxygen atoms in total. The number of benzene rings is 2. The highest BCUT2D eigenvalue weighted by atomic mass is 16.7. The lowest BCUT2D eigenvalue weighted by Crippen LogP contribution is -2.47. The van der Waals surface area contributed by atoms with Gasteiger partial charge in [0.1, 0.15) is 34.0 Å². The van der Waals surface area contributed by atoms with Gasteiger partial charge in [0.15, 0.2) is 5.75 Å². The van der Waals surface area contributed by atoms with Gasteiger partial charge in [0.25, 0.3) is 11.7 Å². The number of esters is 1. The number of ketones is 1. The third-order valence-electron chi connectivity index (χ3n) is 12.9. The number of hydrogen-bond acceptors (Lipinski definition) is 14. The smallest absolute Gasteiger partial charge is 0.312 e. The molecular weight excluding hydrogens is 785 g/mol. The summed E-state index contributed by atoms with van der Waals surface area (Å²) in [7, 11) is 1.47. The summed E-state index contributed by atoms with van der Waals surface area (Å²) in [6, 6.07) is 0. The molecule has 0 radical (unpaired) electrons. The van der Waals surface area contributed by atoms with Crippen LogP contribution in [0, 0.1) is 36.5 Å². The van der Waals surface area contributed by atoms with Crippen LogP contribution in [0.1, 0.15) is 91.1 Å². The van der Waals surface area contributed by atoms with Crippen molar-refractivity contribution in [3.8, 4) is 17.2 Å². The molecular formula is C46H62N4O11. The first-order valence-electron chi connectivity index (χ1n) is 21.2. The minimum absolute atomic E-state index is 0.0538. The number of anilines is 1. The molecule has 1 amide bonds.